The van der Waals surface area contributed by atoms with Crippen LogP contribution < -0.4 is 5.32 Å². The summed E-state index contributed by atoms with van der Waals surface area (Å²) in [6.07, 6.45) is 3.71. The van der Waals surface area contributed by atoms with Gasteiger partial charge in [0.25, 0.3) is 0 Å². The minimum Gasteiger partial charge on any atom is -0.449 e. The molecule has 1 N–H and O–H groups in total. The standard InChI is InChI=1S/C16H14N4O/c17-10-15-5-6-16(21-15)11-18-14-4-1-3-13(9-14)12-20-8-2-7-19-20/h1-9,18H,11-12H2. The van der Waals surface area contributed by atoms with Gasteiger partial charge in [-0.3, -0.25) is 4.68 Å². The highest BCUT2D eigenvalue weighted by Gasteiger charge is 2.02. The Morgan fingerprint density at radius 2 is 2.19 bits per heavy atom. The van der Waals surface area contributed by atoms with E-state index in [2.05, 4.69) is 22.5 Å². The topological polar surface area (TPSA) is 66.8 Å². The Morgan fingerprint density at radius 3 is 2.95 bits per heavy atom. The number of hydrogen-bond acceptors (Lipinski definition) is 4. The summed E-state index contributed by atoms with van der Waals surface area (Å²) in [5, 5.41) is 16.2. The molecule has 2 aromatic heterocycles. The molecular formula is C16H14N4O. The zero-order chi connectivity index (χ0) is 14.5. The van der Waals surface area contributed by atoms with Crippen LogP contribution in [0.4, 0.5) is 5.69 Å². The fraction of sp³-hybridized carbons (Fsp3) is 0.125. The summed E-state index contributed by atoms with van der Waals surface area (Å²) < 4.78 is 7.21. The number of anilines is 1. The van der Waals surface area contributed by atoms with Crippen LogP contribution in [0.1, 0.15) is 17.1 Å². The van der Waals surface area contributed by atoms with Crippen molar-refractivity contribution >= 4 is 5.69 Å². The average Bonchev–Trinajstić information content (AvgIpc) is 3.17. The van der Waals surface area contributed by atoms with Crippen molar-refractivity contribution in [3.8, 4) is 6.07 Å². The van der Waals surface area contributed by atoms with Crippen molar-refractivity contribution in [2.45, 2.75) is 13.1 Å². The van der Waals surface area contributed by atoms with Gasteiger partial charge in [0.15, 0.2) is 0 Å². The van der Waals surface area contributed by atoms with E-state index < -0.39 is 0 Å². The van der Waals surface area contributed by atoms with Gasteiger partial charge in [0.1, 0.15) is 11.8 Å². The maximum Gasteiger partial charge on any atom is 0.203 e. The third kappa shape index (κ3) is 3.31. The molecule has 1 aromatic carbocycles. The summed E-state index contributed by atoms with van der Waals surface area (Å²) in [5.41, 5.74) is 2.18. The number of hydrogen-bond donors (Lipinski definition) is 1. The van der Waals surface area contributed by atoms with Crippen LogP contribution >= 0.6 is 0 Å². The highest BCUT2D eigenvalue weighted by molar-refractivity contribution is 5.46. The lowest BCUT2D eigenvalue weighted by atomic mass is 10.2. The first kappa shape index (κ1) is 13.0. The molecule has 0 atom stereocenters. The van der Waals surface area contributed by atoms with E-state index in [1.807, 2.05) is 35.1 Å². The van der Waals surface area contributed by atoms with Gasteiger partial charge < -0.3 is 9.73 Å². The van der Waals surface area contributed by atoms with Crippen LogP contribution in [0.25, 0.3) is 0 Å². The van der Waals surface area contributed by atoms with Crippen molar-refractivity contribution in [3.63, 3.8) is 0 Å². The van der Waals surface area contributed by atoms with Gasteiger partial charge in [0.2, 0.25) is 5.76 Å². The molecule has 5 nitrogen and oxygen atoms in total. The predicted molar refractivity (Wildman–Crippen MR) is 78.5 cm³/mol. The molecule has 0 aliphatic heterocycles. The largest absolute Gasteiger partial charge is 0.449 e. The lowest BCUT2D eigenvalue weighted by Crippen LogP contribution is -2.02. The van der Waals surface area contributed by atoms with Crippen molar-refractivity contribution < 1.29 is 4.42 Å². The molecule has 3 rings (SSSR count). The fourth-order valence-corrected chi connectivity index (χ4v) is 2.08. The van der Waals surface area contributed by atoms with E-state index in [-0.39, 0.29) is 0 Å². The Bertz CT molecular complexity index is 753. The number of aromatic nitrogens is 2. The van der Waals surface area contributed by atoms with E-state index in [1.165, 1.54) is 5.56 Å². The molecule has 3 aromatic rings. The zero-order valence-corrected chi connectivity index (χ0v) is 11.4. The molecule has 0 amide bonds. The van der Waals surface area contributed by atoms with Crippen molar-refractivity contribution in [2.75, 3.05) is 5.32 Å². The third-order valence-electron chi connectivity index (χ3n) is 3.07. The van der Waals surface area contributed by atoms with Crippen molar-refractivity contribution in [1.29, 1.82) is 5.26 Å². The summed E-state index contributed by atoms with van der Waals surface area (Å²) in [5.74, 6) is 1.07. The van der Waals surface area contributed by atoms with Crippen molar-refractivity contribution in [1.82, 2.24) is 9.78 Å². The number of nitrogens with zero attached hydrogens (tertiary/aromatic N) is 3. The van der Waals surface area contributed by atoms with Gasteiger partial charge >= 0.3 is 0 Å². The van der Waals surface area contributed by atoms with E-state index in [9.17, 15) is 0 Å². The second kappa shape index (κ2) is 5.97. The second-order valence-corrected chi connectivity index (χ2v) is 4.64. The highest BCUT2D eigenvalue weighted by atomic mass is 16.3. The van der Waals surface area contributed by atoms with Crippen LogP contribution in [0.5, 0.6) is 0 Å². The lowest BCUT2D eigenvalue weighted by molar-refractivity contribution is 0.506. The third-order valence-corrected chi connectivity index (χ3v) is 3.07. The molecule has 5 heteroatoms. The van der Waals surface area contributed by atoms with Gasteiger partial charge in [-0.2, -0.15) is 10.4 Å². The zero-order valence-electron chi connectivity index (χ0n) is 11.4. The van der Waals surface area contributed by atoms with E-state index >= 15 is 0 Å². The molecule has 0 aliphatic rings. The molecule has 2 heterocycles. The number of rotatable bonds is 5. The number of nitrogens with one attached hydrogen (secondary N) is 1. The number of benzene rings is 1. The summed E-state index contributed by atoms with van der Waals surface area (Å²) in [4.78, 5) is 0. The molecule has 0 fully saturated rings. The maximum atomic E-state index is 8.72. The van der Waals surface area contributed by atoms with Crippen LogP contribution in [0.2, 0.25) is 0 Å². The fourth-order valence-electron chi connectivity index (χ4n) is 2.08. The monoisotopic (exact) mass is 278 g/mol. The first-order chi connectivity index (χ1) is 10.3. The van der Waals surface area contributed by atoms with Gasteiger partial charge in [0, 0.05) is 18.1 Å². The van der Waals surface area contributed by atoms with E-state index in [4.69, 9.17) is 9.68 Å². The summed E-state index contributed by atoms with van der Waals surface area (Å²) >= 11 is 0. The van der Waals surface area contributed by atoms with Gasteiger partial charge in [-0.1, -0.05) is 12.1 Å². The van der Waals surface area contributed by atoms with Gasteiger partial charge in [-0.25, -0.2) is 0 Å². The smallest absolute Gasteiger partial charge is 0.203 e. The molecule has 0 aliphatic carbocycles. The maximum absolute atomic E-state index is 8.72. The van der Waals surface area contributed by atoms with Crippen LogP contribution in [0.15, 0.2) is 59.3 Å². The summed E-state index contributed by atoms with van der Waals surface area (Å²) in [7, 11) is 0. The van der Waals surface area contributed by atoms with Gasteiger partial charge in [-0.05, 0) is 35.9 Å². The van der Waals surface area contributed by atoms with Crippen LogP contribution in [0, 0.1) is 11.3 Å². The molecule has 0 bridgehead atoms. The van der Waals surface area contributed by atoms with E-state index in [0.717, 1.165) is 18.0 Å². The molecule has 0 unspecified atom stereocenters. The average molecular weight is 278 g/mol. The number of nitriles is 1. The van der Waals surface area contributed by atoms with Crippen molar-refractivity contribution in [3.05, 3.63) is 71.9 Å². The Hall–Kier alpha value is -3.00. The van der Waals surface area contributed by atoms with Crippen LogP contribution in [-0.4, -0.2) is 9.78 Å². The number of furan rings is 1. The predicted octanol–water partition coefficient (Wildman–Crippen LogP) is 3.01. The minimum absolute atomic E-state index is 0.333. The van der Waals surface area contributed by atoms with Gasteiger partial charge in [0.05, 0.1) is 13.1 Å². The normalized spacial score (nSPS) is 10.2. The quantitative estimate of drug-likeness (QED) is 0.779. The Balaban J connectivity index is 1.64. The lowest BCUT2D eigenvalue weighted by Gasteiger charge is -2.07. The molecule has 0 saturated heterocycles. The minimum atomic E-state index is 0.333. The molecule has 104 valence electrons. The summed E-state index contributed by atoms with van der Waals surface area (Å²) in [6, 6.07) is 15.5. The Kier molecular flexibility index (Phi) is 3.70. The second-order valence-electron chi connectivity index (χ2n) is 4.64. The summed E-state index contributed by atoms with van der Waals surface area (Å²) in [6.45, 7) is 1.29. The molecule has 0 radical (unpaired) electrons. The van der Waals surface area contributed by atoms with Gasteiger partial charge in [-0.15, -0.1) is 0 Å². The van der Waals surface area contributed by atoms with E-state index in [1.54, 1.807) is 18.3 Å². The van der Waals surface area contributed by atoms with Crippen LogP contribution in [0.3, 0.4) is 0 Å². The molecule has 0 spiro atoms. The molecule has 21 heavy (non-hydrogen) atoms. The Morgan fingerprint density at radius 1 is 1.24 bits per heavy atom. The van der Waals surface area contributed by atoms with E-state index in [0.29, 0.717) is 12.3 Å². The first-order valence-corrected chi connectivity index (χ1v) is 6.62. The highest BCUT2D eigenvalue weighted by Crippen LogP contribution is 2.14. The molecular weight excluding hydrogens is 264 g/mol. The molecule has 0 saturated carbocycles. The first-order valence-electron chi connectivity index (χ1n) is 6.62. The van der Waals surface area contributed by atoms with Crippen LogP contribution in [-0.2, 0) is 13.1 Å². The SMILES string of the molecule is N#Cc1ccc(CNc2cccc(Cn3cccn3)c2)o1. The Labute approximate surface area is 122 Å². The van der Waals surface area contributed by atoms with Crippen molar-refractivity contribution in [2.24, 2.45) is 0 Å².